The highest BCUT2D eigenvalue weighted by Crippen LogP contribution is 2.13. The minimum Gasteiger partial charge on any atom is -0.497 e. The fraction of sp³-hybridized carbons (Fsp3) is 0.222. The van der Waals surface area contributed by atoms with Gasteiger partial charge in [-0.05, 0) is 36.2 Å². The Morgan fingerprint density at radius 2 is 1.65 bits per heavy atom. The molecule has 23 heavy (non-hydrogen) atoms. The molecule has 0 heterocycles. The number of rotatable bonds is 7. The van der Waals surface area contributed by atoms with Gasteiger partial charge in [-0.3, -0.25) is 9.59 Å². The summed E-state index contributed by atoms with van der Waals surface area (Å²) in [6.45, 7) is -0.233. The molecule has 0 N–H and O–H groups in total. The Kier molecular flexibility index (Phi) is 6.35. The van der Waals surface area contributed by atoms with Crippen LogP contribution in [0.1, 0.15) is 22.3 Å². The average molecular weight is 377 g/mol. The van der Waals surface area contributed by atoms with Crippen LogP contribution < -0.4 is 4.74 Å². The van der Waals surface area contributed by atoms with Crippen molar-refractivity contribution in [1.29, 1.82) is 0 Å². The molecule has 0 fully saturated rings. The van der Waals surface area contributed by atoms with Gasteiger partial charge in [0.15, 0.2) is 12.4 Å². The summed E-state index contributed by atoms with van der Waals surface area (Å²) in [6, 6.07) is 14.4. The van der Waals surface area contributed by atoms with Crippen molar-refractivity contribution in [2.45, 2.75) is 12.8 Å². The van der Waals surface area contributed by atoms with Crippen molar-refractivity contribution in [2.75, 3.05) is 13.7 Å². The number of carbonyl (C=O) groups is 2. The number of Topliss-reactive ketones (excluding diaryl/α,β-unsaturated/α-hetero) is 1. The van der Waals surface area contributed by atoms with Gasteiger partial charge in [-0.25, -0.2) is 0 Å². The molecule has 5 heteroatoms. The molecule has 2 rings (SSSR count). The number of esters is 1. The Balaban J connectivity index is 1.76. The molecule has 2 aromatic rings. The highest BCUT2D eigenvalue weighted by molar-refractivity contribution is 9.10. The van der Waals surface area contributed by atoms with Gasteiger partial charge in [-0.1, -0.05) is 40.2 Å². The number of hydrogen-bond acceptors (Lipinski definition) is 4. The molecule has 0 amide bonds. The lowest BCUT2D eigenvalue weighted by Gasteiger charge is -2.05. The lowest BCUT2D eigenvalue weighted by Crippen LogP contribution is -2.14. The first-order chi connectivity index (χ1) is 11.1. The molecular weight excluding hydrogens is 360 g/mol. The number of ether oxygens (including phenoxy) is 2. The van der Waals surface area contributed by atoms with E-state index in [9.17, 15) is 9.59 Å². The van der Waals surface area contributed by atoms with Crippen LogP contribution in [0.2, 0.25) is 0 Å². The van der Waals surface area contributed by atoms with E-state index in [1.807, 2.05) is 24.3 Å². The predicted octanol–water partition coefficient (Wildman–Crippen LogP) is 3.82. The monoisotopic (exact) mass is 376 g/mol. The lowest BCUT2D eigenvalue weighted by molar-refractivity contribution is -0.142. The number of halogens is 1. The maximum atomic E-state index is 11.9. The van der Waals surface area contributed by atoms with Crippen molar-refractivity contribution in [3.63, 3.8) is 0 Å². The Labute approximate surface area is 143 Å². The van der Waals surface area contributed by atoms with Crippen molar-refractivity contribution < 1.29 is 19.1 Å². The van der Waals surface area contributed by atoms with Crippen LogP contribution >= 0.6 is 15.9 Å². The smallest absolute Gasteiger partial charge is 0.306 e. The SMILES string of the molecule is COc1ccc(CCC(=O)OCC(=O)c2ccc(Br)cc2)cc1. The average Bonchev–Trinajstić information content (AvgIpc) is 2.59. The van der Waals surface area contributed by atoms with Crippen molar-refractivity contribution in [2.24, 2.45) is 0 Å². The predicted molar refractivity (Wildman–Crippen MR) is 90.7 cm³/mol. The zero-order chi connectivity index (χ0) is 16.7. The van der Waals surface area contributed by atoms with Gasteiger partial charge < -0.3 is 9.47 Å². The van der Waals surface area contributed by atoms with E-state index in [1.165, 1.54) is 0 Å². The molecule has 120 valence electrons. The molecule has 2 aromatic carbocycles. The van der Waals surface area contributed by atoms with Crippen molar-refractivity contribution in [1.82, 2.24) is 0 Å². The van der Waals surface area contributed by atoms with Crippen LogP contribution in [0.25, 0.3) is 0 Å². The highest BCUT2D eigenvalue weighted by Gasteiger charge is 2.10. The molecule has 0 aromatic heterocycles. The molecule has 0 unspecified atom stereocenters. The Morgan fingerprint density at radius 1 is 1.00 bits per heavy atom. The van der Waals surface area contributed by atoms with Gasteiger partial charge in [0, 0.05) is 16.5 Å². The second-order valence-corrected chi connectivity index (χ2v) is 5.85. The van der Waals surface area contributed by atoms with Gasteiger partial charge in [0.05, 0.1) is 7.11 Å². The number of ketones is 1. The largest absolute Gasteiger partial charge is 0.497 e. The van der Waals surface area contributed by atoms with E-state index in [0.717, 1.165) is 15.8 Å². The van der Waals surface area contributed by atoms with Crippen LogP contribution in [0, 0.1) is 0 Å². The normalized spacial score (nSPS) is 10.2. The first-order valence-electron chi connectivity index (χ1n) is 7.16. The van der Waals surface area contributed by atoms with Gasteiger partial charge >= 0.3 is 5.97 Å². The number of benzene rings is 2. The molecule has 4 nitrogen and oxygen atoms in total. The van der Waals surface area contributed by atoms with E-state index in [4.69, 9.17) is 9.47 Å². The third kappa shape index (κ3) is 5.53. The number of methoxy groups -OCH3 is 1. The van der Waals surface area contributed by atoms with E-state index in [1.54, 1.807) is 31.4 Å². The molecule has 0 bridgehead atoms. The maximum absolute atomic E-state index is 11.9. The van der Waals surface area contributed by atoms with Gasteiger partial charge in [0.2, 0.25) is 0 Å². The minimum absolute atomic E-state index is 0.213. The summed E-state index contributed by atoms with van der Waals surface area (Å²) < 4.78 is 11.0. The van der Waals surface area contributed by atoms with Crippen molar-refractivity contribution in [3.05, 3.63) is 64.1 Å². The lowest BCUT2D eigenvalue weighted by atomic mass is 10.1. The molecule has 0 aliphatic rings. The third-order valence-electron chi connectivity index (χ3n) is 3.31. The summed E-state index contributed by atoms with van der Waals surface area (Å²) in [4.78, 5) is 23.6. The molecule has 0 radical (unpaired) electrons. The van der Waals surface area contributed by atoms with Crippen LogP contribution in [-0.2, 0) is 16.0 Å². The highest BCUT2D eigenvalue weighted by atomic mass is 79.9. The molecule has 0 saturated heterocycles. The van der Waals surface area contributed by atoms with Crippen LogP contribution in [-0.4, -0.2) is 25.5 Å². The minimum atomic E-state index is -0.383. The van der Waals surface area contributed by atoms with Crippen LogP contribution in [0.3, 0.4) is 0 Å². The summed E-state index contributed by atoms with van der Waals surface area (Å²) in [5.41, 5.74) is 1.54. The number of aryl methyl sites for hydroxylation is 1. The van der Waals surface area contributed by atoms with Crippen molar-refractivity contribution >= 4 is 27.7 Å². The van der Waals surface area contributed by atoms with E-state index >= 15 is 0 Å². The van der Waals surface area contributed by atoms with Gasteiger partial charge in [0.1, 0.15) is 5.75 Å². The molecule has 0 aliphatic heterocycles. The maximum Gasteiger partial charge on any atom is 0.306 e. The van der Waals surface area contributed by atoms with Gasteiger partial charge in [-0.15, -0.1) is 0 Å². The fourth-order valence-electron chi connectivity index (χ4n) is 1.98. The Hall–Kier alpha value is -2.14. The number of hydrogen-bond donors (Lipinski definition) is 0. The fourth-order valence-corrected chi connectivity index (χ4v) is 2.24. The van der Waals surface area contributed by atoms with Crippen LogP contribution in [0.4, 0.5) is 0 Å². The summed E-state index contributed by atoms with van der Waals surface area (Å²) in [5.74, 6) is 0.179. The second kappa shape index (κ2) is 8.48. The summed E-state index contributed by atoms with van der Waals surface area (Å²) in [5, 5.41) is 0. The summed E-state index contributed by atoms with van der Waals surface area (Å²) in [7, 11) is 1.61. The zero-order valence-corrected chi connectivity index (χ0v) is 14.3. The standard InChI is InChI=1S/C18H17BrO4/c1-22-16-9-2-13(3-10-16)4-11-18(21)23-12-17(20)14-5-7-15(19)8-6-14/h2-3,5-10H,4,11-12H2,1H3. The number of carbonyl (C=O) groups excluding carboxylic acids is 2. The van der Waals surface area contributed by atoms with Crippen molar-refractivity contribution in [3.8, 4) is 5.75 Å². The molecule has 0 atom stereocenters. The van der Waals surface area contributed by atoms with Crippen LogP contribution in [0.15, 0.2) is 53.0 Å². The molecule has 0 saturated carbocycles. The Morgan fingerprint density at radius 3 is 2.26 bits per heavy atom. The third-order valence-corrected chi connectivity index (χ3v) is 3.84. The molecule has 0 aliphatic carbocycles. The van der Waals surface area contributed by atoms with E-state index in [2.05, 4.69) is 15.9 Å². The Bertz CT molecular complexity index is 662. The topological polar surface area (TPSA) is 52.6 Å². The van der Waals surface area contributed by atoms with E-state index < -0.39 is 0 Å². The summed E-state index contributed by atoms with van der Waals surface area (Å²) >= 11 is 3.30. The van der Waals surface area contributed by atoms with E-state index in [0.29, 0.717) is 12.0 Å². The van der Waals surface area contributed by atoms with Gasteiger partial charge in [-0.2, -0.15) is 0 Å². The first kappa shape index (κ1) is 17.2. The molecular formula is C18H17BrO4. The quantitative estimate of drug-likeness (QED) is 0.544. The summed E-state index contributed by atoms with van der Waals surface area (Å²) in [6.07, 6.45) is 0.801. The van der Waals surface area contributed by atoms with Crippen LogP contribution in [0.5, 0.6) is 5.75 Å². The van der Waals surface area contributed by atoms with Gasteiger partial charge in [0.25, 0.3) is 0 Å². The second-order valence-electron chi connectivity index (χ2n) is 4.94. The zero-order valence-electron chi connectivity index (χ0n) is 12.8. The van der Waals surface area contributed by atoms with E-state index in [-0.39, 0.29) is 24.8 Å². The first-order valence-corrected chi connectivity index (χ1v) is 7.95. The molecule has 0 spiro atoms.